The molecule has 54 valence electrons. The van der Waals surface area contributed by atoms with E-state index < -0.39 is 12.0 Å². The van der Waals surface area contributed by atoms with Crippen LogP contribution in [0.4, 0.5) is 0 Å². The number of carboxylic acid groups (broad SMARTS) is 1. The lowest BCUT2D eigenvalue weighted by Gasteiger charge is -2.17. The highest BCUT2D eigenvalue weighted by molar-refractivity contribution is 5.72. The molecule has 0 aliphatic rings. The molecule has 4 nitrogen and oxygen atoms in total. The van der Waals surface area contributed by atoms with Crippen LogP contribution in [0.3, 0.4) is 0 Å². The first-order chi connectivity index (χ1) is 4.09. The lowest BCUT2D eigenvalue weighted by Crippen LogP contribution is -2.34. The summed E-state index contributed by atoms with van der Waals surface area (Å²) in [5, 5.41) is 9.63. The van der Waals surface area contributed by atoms with E-state index in [4.69, 9.17) is 5.11 Å². The Hall–Kier alpha value is -0.610. The van der Waals surface area contributed by atoms with E-state index in [1.165, 1.54) is 12.2 Å². The number of hydroxylamine groups is 2. The molecule has 0 aromatic rings. The van der Waals surface area contributed by atoms with Gasteiger partial charge in [-0.2, -0.15) is 5.06 Å². The van der Waals surface area contributed by atoms with Crippen molar-refractivity contribution in [2.45, 2.75) is 13.0 Å². The average Bonchev–Trinajstić information content (AvgIpc) is 1.84. The van der Waals surface area contributed by atoms with Gasteiger partial charge in [0.2, 0.25) is 0 Å². The largest absolute Gasteiger partial charge is 0.480 e. The van der Waals surface area contributed by atoms with Gasteiger partial charge in [0.05, 0.1) is 7.11 Å². The zero-order valence-electron chi connectivity index (χ0n) is 5.79. The van der Waals surface area contributed by atoms with Crippen molar-refractivity contribution in [1.29, 1.82) is 0 Å². The zero-order chi connectivity index (χ0) is 7.44. The van der Waals surface area contributed by atoms with E-state index in [9.17, 15) is 4.79 Å². The minimum absolute atomic E-state index is 0.588. The van der Waals surface area contributed by atoms with Gasteiger partial charge in [-0.25, -0.2) is 0 Å². The molecule has 0 saturated carbocycles. The van der Waals surface area contributed by atoms with E-state index in [1.54, 1.807) is 14.0 Å². The van der Waals surface area contributed by atoms with Crippen molar-refractivity contribution in [3.05, 3.63) is 0 Å². The summed E-state index contributed by atoms with van der Waals surface area (Å²) >= 11 is 0. The molecule has 1 atom stereocenters. The molecule has 0 amide bonds. The van der Waals surface area contributed by atoms with Crippen LogP contribution in [0.25, 0.3) is 0 Å². The van der Waals surface area contributed by atoms with Gasteiger partial charge in [-0.15, -0.1) is 0 Å². The molecule has 0 spiro atoms. The number of nitrogens with zero attached hydrogens (tertiary/aromatic N) is 1. The quantitative estimate of drug-likeness (QED) is 0.548. The third-order valence-corrected chi connectivity index (χ3v) is 1.19. The third kappa shape index (κ3) is 2.43. The topological polar surface area (TPSA) is 49.8 Å². The molecular weight excluding hydrogens is 122 g/mol. The van der Waals surface area contributed by atoms with Crippen molar-refractivity contribution >= 4 is 5.97 Å². The van der Waals surface area contributed by atoms with E-state index in [-0.39, 0.29) is 0 Å². The zero-order valence-corrected chi connectivity index (χ0v) is 5.79. The van der Waals surface area contributed by atoms with Gasteiger partial charge >= 0.3 is 5.97 Å². The van der Waals surface area contributed by atoms with Crippen LogP contribution < -0.4 is 0 Å². The highest BCUT2D eigenvalue weighted by Crippen LogP contribution is 1.93. The number of hydrogen-bond donors (Lipinski definition) is 1. The summed E-state index contributed by atoms with van der Waals surface area (Å²) in [7, 11) is 3.00. The first-order valence-corrected chi connectivity index (χ1v) is 2.59. The number of aliphatic carboxylic acids is 1. The highest BCUT2D eigenvalue weighted by atomic mass is 16.7. The number of carboxylic acids is 1. The lowest BCUT2D eigenvalue weighted by molar-refractivity contribution is -0.171. The van der Waals surface area contributed by atoms with E-state index >= 15 is 0 Å². The standard InChI is InChI=1S/C5H11NO3/c1-4(5(7)8)6(2)9-3/h4H,1-3H3,(H,7,8). The summed E-state index contributed by atoms with van der Waals surface area (Å²) in [6, 6.07) is -0.588. The number of likely N-dealkylation sites (N-methyl/N-ethyl adjacent to an activating group) is 1. The Balaban J connectivity index is 3.72. The second-order valence-corrected chi connectivity index (χ2v) is 1.74. The monoisotopic (exact) mass is 133 g/mol. The fraction of sp³-hybridized carbons (Fsp3) is 0.800. The smallest absolute Gasteiger partial charge is 0.323 e. The third-order valence-electron chi connectivity index (χ3n) is 1.19. The summed E-state index contributed by atoms with van der Waals surface area (Å²) in [5.74, 6) is -0.889. The molecule has 1 N–H and O–H groups in total. The molecular formula is C5H11NO3. The molecule has 4 heteroatoms. The summed E-state index contributed by atoms with van der Waals surface area (Å²) in [4.78, 5) is 14.8. The van der Waals surface area contributed by atoms with Crippen molar-refractivity contribution in [3.63, 3.8) is 0 Å². The molecule has 0 saturated heterocycles. The van der Waals surface area contributed by atoms with E-state index in [0.29, 0.717) is 0 Å². The maximum atomic E-state index is 10.2. The number of rotatable bonds is 3. The van der Waals surface area contributed by atoms with Gasteiger partial charge in [0, 0.05) is 7.05 Å². The molecule has 0 heterocycles. The number of carbonyl (C=O) groups is 1. The Morgan fingerprint density at radius 1 is 1.78 bits per heavy atom. The van der Waals surface area contributed by atoms with Crippen molar-refractivity contribution in [1.82, 2.24) is 5.06 Å². The summed E-state index contributed by atoms with van der Waals surface area (Å²) in [6.07, 6.45) is 0. The molecule has 0 aromatic carbocycles. The molecule has 0 aliphatic heterocycles. The van der Waals surface area contributed by atoms with Crippen LogP contribution in [-0.4, -0.2) is 36.3 Å². The Labute approximate surface area is 54.0 Å². The van der Waals surface area contributed by atoms with Gasteiger partial charge in [-0.1, -0.05) is 0 Å². The molecule has 0 aromatic heterocycles. The van der Waals surface area contributed by atoms with E-state index in [0.717, 1.165) is 0 Å². The van der Waals surface area contributed by atoms with Crippen molar-refractivity contribution in [2.24, 2.45) is 0 Å². The Bertz CT molecular complexity index is 104. The maximum Gasteiger partial charge on any atom is 0.323 e. The van der Waals surface area contributed by atoms with Crippen LogP contribution in [0.5, 0.6) is 0 Å². The summed E-state index contributed by atoms with van der Waals surface area (Å²) < 4.78 is 0. The minimum Gasteiger partial charge on any atom is -0.480 e. The van der Waals surface area contributed by atoms with Crippen LogP contribution in [0.15, 0.2) is 0 Å². The van der Waals surface area contributed by atoms with Crippen LogP contribution in [-0.2, 0) is 9.63 Å². The predicted molar refractivity (Wildman–Crippen MR) is 31.9 cm³/mol. The fourth-order valence-corrected chi connectivity index (χ4v) is 0.314. The summed E-state index contributed by atoms with van der Waals surface area (Å²) in [6.45, 7) is 1.55. The van der Waals surface area contributed by atoms with E-state index in [2.05, 4.69) is 4.84 Å². The molecule has 0 fully saturated rings. The first-order valence-electron chi connectivity index (χ1n) is 2.59. The molecule has 0 bridgehead atoms. The summed E-state index contributed by atoms with van der Waals surface area (Å²) in [5.41, 5.74) is 0. The van der Waals surface area contributed by atoms with Crippen LogP contribution in [0.1, 0.15) is 6.92 Å². The van der Waals surface area contributed by atoms with Gasteiger partial charge in [0.25, 0.3) is 0 Å². The van der Waals surface area contributed by atoms with Crippen molar-refractivity contribution in [2.75, 3.05) is 14.2 Å². The Morgan fingerprint density at radius 3 is 2.33 bits per heavy atom. The van der Waals surface area contributed by atoms with Gasteiger partial charge in [0.15, 0.2) is 0 Å². The second-order valence-electron chi connectivity index (χ2n) is 1.74. The Morgan fingerprint density at radius 2 is 2.22 bits per heavy atom. The van der Waals surface area contributed by atoms with Crippen LogP contribution in [0, 0.1) is 0 Å². The van der Waals surface area contributed by atoms with Gasteiger partial charge in [-0.05, 0) is 6.92 Å². The van der Waals surface area contributed by atoms with Crippen LogP contribution in [0.2, 0.25) is 0 Å². The first kappa shape index (κ1) is 8.39. The molecule has 0 radical (unpaired) electrons. The average molecular weight is 133 g/mol. The second kappa shape index (κ2) is 3.42. The van der Waals surface area contributed by atoms with Gasteiger partial charge < -0.3 is 9.94 Å². The van der Waals surface area contributed by atoms with Crippen LogP contribution >= 0.6 is 0 Å². The molecule has 9 heavy (non-hydrogen) atoms. The normalized spacial score (nSPS) is 13.8. The fourth-order valence-electron chi connectivity index (χ4n) is 0.314. The van der Waals surface area contributed by atoms with Crippen molar-refractivity contribution < 1.29 is 14.7 Å². The lowest BCUT2D eigenvalue weighted by atomic mass is 10.3. The van der Waals surface area contributed by atoms with Gasteiger partial charge in [-0.3, -0.25) is 4.79 Å². The highest BCUT2D eigenvalue weighted by Gasteiger charge is 2.15. The maximum absolute atomic E-state index is 10.2. The van der Waals surface area contributed by atoms with E-state index in [1.807, 2.05) is 0 Å². The predicted octanol–water partition coefficient (Wildman–Crippen LogP) is -0.0473. The van der Waals surface area contributed by atoms with Crippen molar-refractivity contribution in [3.8, 4) is 0 Å². The molecule has 0 rings (SSSR count). The number of hydrogen-bond acceptors (Lipinski definition) is 3. The molecule has 0 aliphatic carbocycles. The Kier molecular flexibility index (Phi) is 3.19. The SMILES string of the molecule is CON(C)C(C)C(=O)O. The van der Waals surface area contributed by atoms with Gasteiger partial charge in [0.1, 0.15) is 6.04 Å². The minimum atomic E-state index is -0.889. The molecule has 1 unspecified atom stereocenters.